The molecule has 2 aromatic carbocycles. The standard InChI is InChI=1S/C22H19N3O4S/c1-14(21-25-24-15(2)28-21)27-20(26)12-17-13-30-22(23-17)16-7-6-10-19(11-16)29-18-8-4-3-5-9-18/h3-11,13-14H,12H2,1-2H3. The zero-order chi connectivity index (χ0) is 20.9. The summed E-state index contributed by atoms with van der Waals surface area (Å²) in [7, 11) is 0. The van der Waals surface area contributed by atoms with Crippen LogP contribution in [0.1, 0.15) is 30.5 Å². The summed E-state index contributed by atoms with van der Waals surface area (Å²) in [6.07, 6.45) is -0.544. The third kappa shape index (κ3) is 4.90. The Kier molecular flexibility index (Phi) is 5.85. The van der Waals surface area contributed by atoms with Gasteiger partial charge in [-0.3, -0.25) is 4.79 Å². The Labute approximate surface area is 177 Å². The van der Waals surface area contributed by atoms with Gasteiger partial charge in [0.25, 0.3) is 5.89 Å². The molecule has 0 bridgehead atoms. The minimum absolute atomic E-state index is 0.0637. The molecule has 30 heavy (non-hydrogen) atoms. The third-order valence-electron chi connectivity index (χ3n) is 4.13. The van der Waals surface area contributed by atoms with Crippen LogP contribution in [0.3, 0.4) is 0 Å². The smallest absolute Gasteiger partial charge is 0.312 e. The summed E-state index contributed by atoms with van der Waals surface area (Å²) in [5.41, 5.74) is 1.56. The van der Waals surface area contributed by atoms with Crippen molar-refractivity contribution in [2.24, 2.45) is 0 Å². The monoisotopic (exact) mass is 421 g/mol. The lowest BCUT2D eigenvalue weighted by Gasteiger charge is -2.08. The topological polar surface area (TPSA) is 87.3 Å². The van der Waals surface area contributed by atoms with E-state index in [1.807, 2.05) is 60.0 Å². The van der Waals surface area contributed by atoms with Crippen LogP contribution in [0, 0.1) is 6.92 Å². The first-order chi connectivity index (χ1) is 14.6. The molecule has 0 saturated carbocycles. The van der Waals surface area contributed by atoms with Gasteiger partial charge in [-0.15, -0.1) is 21.5 Å². The molecular formula is C22H19N3O4S. The highest BCUT2D eigenvalue weighted by molar-refractivity contribution is 7.13. The van der Waals surface area contributed by atoms with Crippen molar-refractivity contribution in [3.05, 3.63) is 77.5 Å². The first-order valence-corrected chi connectivity index (χ1v) is 10.2. The zero-order valence-electron chi connectivity index (χ0n) is 16.4. The van der Waals surface area contributed by atoms with Crippen molar-refractivity contribution in [3.8, 4) is 22.1 Å². The predicted molar refractivity (Wildman–Crippen MR) is 111 cm³/mol. The van der Waals surface area contributed by atoms with Crippen molar-refractivity contribution in [1.29, 1.82) is 0 Å². The number of thiazole rings is 1. The Morgan fingerprint density at radius 2 is 1.90 bits per heavy atom. The molecule has 0 aliphatic rings. The highest BCUT2D eigenvalue weighted by Crippen LogP contribution is 2.29. The zero-order valence-corrected chi connectivity index (χ0v) is 17.3. The van der Waals surface area contributed by atoms with Crippen molar-refractivity contribution < 1.29 is 18.7 Å². The molecule has 4 rings (SSSR count). The van der Waals surface area contributed by atoms with Crippen LogP contribution in [-0.2, 0) is 16.0 Å². The van der Waals surface area contributed by atoms with Crippen LogP contribution in [0.2, 0.25) is 0 Å². The van der Waals surface area contributed by atoms with E-state index in [4.69, 9.17) is 13.9 Å². The molecule has 1 unspecified atom stereocenters. The summed E-state index contributed by atoms with van der Waals surface area (Å²) in [5.74, 6) is 1.78. The van der Waals surface area contributed by atoms with Gasteiger partial charge < -0.3 is 13.9 Å². The summed E-state index contributed by atoms with van der Waals surface area (Å²) in [6.45, 7) is 3.37. The van der Waals surface area contributed by atoms with Gasteiger partial charge in [0, 0.05) is 17.9 Å². The molecule has 4 aromatic rings. The highest BCUT2D eigenvalue weighted by atomic mass is 32.1. The van der Waals surface area contributed by atoms with E-state index in [1.165, 1.54) is 11.3 Å². The highest BCUT2D eigenvalue weighted by Gasteiger charge is 2.18. The summed E-state index contributed by atoms with van der Waals surface area (Å²) >= 11 is 1.46. The maximum absolute atomic E-state index is 12.2. The molecule has 0 radical (unpaired) electrons. The molecule has 0 saturated heterocycles. The maximum Gasteiger partial charge on any atom is 0.312 e. The molecule has 8 heteroatoms. The first-order valence-electron chi connectivity index (χ1n) is 9.34. The minimum atomic E-state index is -0.608. The third-order valence-corrected chi connectivity index (χ3v) is 5.07. The summed E-state index contributed by atoms with van der Waals surface area (Å²) in [6, 6.07) is 17.3. The second-order valence-electron chi connectivity index (χ2n) is 6.56. The van der Waals surface area contributed by atoms with Crippen molar-refractivity contribution in [1.82, 2.24) is 15.2 Å². The van der Waals surface area contributed by atoms with Crippen LogP contribution >= 0.6 is 11.3 Å². The fraction of sp³-hybridized carbons (Fsp3) is 0.182. The van der Waals surface area contributed by atoms with Crippen molar-refractivity contribution in [2.75, 3.05) is 0 Å². The summed E-state index contributed by atoms with van der Waals surface area (Å²) < 4.78 is 16.5. The normalized spacial score (nSPS) is 11.8. The van der Waals surface area contributed by atoms with Gasteiger partial charge in [-0.05, 0) is 31.2 Å². The molecule has 7 nitrogen and oxygen atoms in total. The lowest BCUT2D eigenvalue weighted by Crippen LogP contribution is -2.12. The van der Waals surface area contributed by atoms with Crippen molar-refractivity contribution >= 4 is 17.3 Å². The number of carbonyl (C=O) groups excluding carboxylic acids is 1. The number of ether oxygens (including phenoxy) is 2. The van der Waals surface area contributed by atoms with Crippen LogP contribution in [-0.4, -0.2) is 21.2 Å². The summed E-state index contributed by atoms with van der Waals surface area (Å²) in [5, 5.41) is 10.3. The molecule has 0 fully saturated rings. The lowest BCUT2D eigenvalue weighted by atomic mass is 10.2. The molecule has 0 spiro atoms. The first kappa shape index (κ1) is 19.8. The maximum atomic E-state index is 12.2. The number of benzene rings is 2. The van der Waals surface area contributed by atoms with E-state index in [9.17, 15) is 4.79 Å². The van der Waals surface area contributed by atoms with Crippen LogP contribution in [0.5, 0.6) is 11.5 Å². The predicted octanol–water partition coefficient (Wildman–Crippen LogP) is 5.14. The number of aryl methyl sites for hydroxylation is 1. The molecule has 0 aliphatic heterocycles. The molecule has 0 aliphatic carbocycles. The molecule has 0 N–H and O–H groups in total. The minimum Gasteiger partial charge on any atom is -0.457 e. The Morgan fingerprint density at radius 1 is 1.10 bits per heavy atom. The molecule has 2 aromatic heterocycles. The van der Waals surface area contributed by atoms with Gasteiger partial charge in [0.2, 0.25) is 5.89 Å². The molecular weight excluding hydrogens is 402 g/mol. The van der Waals surface area contributed by atoms with E-state index in [-0.39, 0.29) is 12.3 Å². The fourth-order valence-corrected chi connectivity index (χ4v) is 3.57. The number of carbonyl (C=O) groups is 1. The van der Waals surface area contributed by atoms with E-state index in [0.29, 0.717) is 11.6 Å². The lowest BCUT2D eigenvalue weighted by molar-refractivity contribution is -0.148. The Bertz CT molecular complexity index is 1140. The second-order valence-corrected chi connectivity index (χ2v) is 7.41. The average Bonchev–Trinajstić information content (AvgIpc) is 3.38. The van der Waals surface area contributed by atoms with Gasteiger partial charge in [0.1, 0.15) is 16.5 Å². The van der Waals surface area contributed by atoms with Crippen LogP contribution < -0.4 is 4.74 Å². The van der Waals surface area contributed by atoms with Gasteiger partial charge in [-0.25, -0.2) is 4.98 Å². The number of aromatic nitrogens is 3. The summed E-state index contributed by atoms with van der Waals surface area (Å²) in [4.78, 5) is 16.8. The van der Waals surface area contributed by atoms with Gasteiger partial charge in [-0.1, -0.05) is 30.3 Å². The number of nitrogens with zero attached hydrogens (tertiary/aromatic N) is 3. The quantitative estimate of drug-likeness (QED) is 0.382. The van der Waals surface area contributed by atoms with E-state index >= 15 is 0 Å². The SMILES string of the molecule is Cc1nnc(C(C)OC(=O)Cc2csc(-c3cccc(Oc4ccccc4)c3)n2)o1. The molecule has 0 amide bonds. The number of hydrogen-bond acceptors (Lipinski definition) is 8. The van der Waals surface area contributed by atoms with Gasteiger partial charge in [-0.2, -0.15) is 0 Å². The van der Waals surface area contributed by atoms with Gasteiger partial charge >= 0.3 is 5.97 Å². The molecule has 152 valence electrons. The van der Waals surface area contributed by atoms with E-state index < -0.39 is 12.1 Å². The second kappa shape index (κ2) is 8.87. The van der Waals surface area contributed by atoms with Crippen molar-refractivity contribution in [3.63, 3.8) is 0 Å². The van der Waals surface area contributed by atoms with Gasteiger partial charge in [0.15, 0.2) is 6.10 Å². The van der Waals surface area contributed by atoms with E-state index in [0.717, 1.165) is 22.1 Å². The van der Waals surface area contributed by atoms with Crippen molar-refractivity contribution in [2.45, 2.75) is 26.4 Å². The number of hydrogen-bond donors (Lipinski definition) is 0. The Morgan fingerprint density at radius 3 is 2.67 bits per heavy atom. The van der Waals surface area contributed by atoms with E-state index in [1.54, 1.807) is 13.8 Å². The molecule has 2 heterocycles. The number of rotatable bonds is 7. The van der Waals surface area contributed by atoms with Crippen LogP contribution in [0.15, 0.2) is 64.4 Å². The van der Waals surface area contributed by atoms with Gasteiger partial charge in [0.05, 0.1) is 12.1 Å². The Balaban J connectivity index is 1.40. The van der Waals surface area contributed by atoms with E-state index in [2.05, 4.69) is 15.2 Å². The van der Waals surface area contributed by atoms with Crippen LogP contribution in [0.25, 0.3) is 10.6 Å². The number of esters is 1. The largest absolute Gasteiger partial charge is 0.457 e. The average molecular weight is 421 g/mol. The van der Waals surface area contributed by atoms with Crippen LogP contribution in [0.4, 0.5) is 0 Å². The molecule has 1 atom stereocenters. The Hall–Kier alpha value is -3.52. The number of para-hydroxylation sites is 1. The fourth-order valence-electron chi connectivity index (χ4n) is 2.75.